The van der Waals surface area contributed by atoms with Crippen molar-refractivity contribution in [1.82, 2.24) is 0 Å². The van der Waals surface area contributed by atoms with Gasteiger partial charge in [0.25, 0.3) is 0 Å². The number of methoxy groups -OCH3 is 1. The third kappa shape index (κ3) is 2.38. The molecule has 24 heavy (non-hydrogen) atoms. The van der Waals surface area contributed by atoms with E-state index in [1.54, 1.807) is 18.2 Å². The minimum absolute atomic E-state index is 0.0278. The quantitative estimate of drug-likeness (QED) is 0.560. The second-order valence-electron chi connectivity index (χ2n) is 6.32. The molecule has 1 atom stereocenters. The summed E-state index contributed by atoms with van der Waals surface area (Å²) in [6.07, 6.45) is 3.90. The Morgan fingerprint density at radius 3 is 2.58 bits per heavy atom. The Hall–Kier alpha value is -2.01. The molecule has 0 radical (unpaired) electrons. The standard InChI is InChI=1S/C19H14BrFO3/c1-24-19(23)15-8-12(9-2-3-9)13-4-10-6-16(20)17(21)7-11(10)5-14(13)18(15)22/h4-9,12H,2-3H2,1H3. The Kier molecular flexibility index (Phi) is 3.57. The van der Waals surface area contributed by atoms with E-state index in [1.165, 1.54) is 13.2 Å². The molecule has 122 valence electrons. The molecule has 0 aromatic heterocycles. The van der Waals surface area contributed by atoms with Crippen molar-refractivity contribution in [2.24, 2.45) is 5.92 Å². The minimum atomic E-state index is -0.613. The third-order valence-corrected chi connectivity index (χ3v) is 5.39. The van der Waals surface area contributed by atoms with Gasteiger partial charge in [0.1, 0.15) is 11.4 Å². The van der Waals surface area contributed by atoms with Gasteiger partial charge in [-0.1, -0.05) is 6.08 Å². The van der Waals surface area contributed by atoms with Gasteiger partial charge in [0.2, 0.25) is 0 Å². The van der Waals surface area contributed by atoms with Gasteiger partial charge >= 0.3 is 5.97 Å². The van der Waals surface area contributed by atoms with Crippen molar-refractivity contribution in [2.75, 3.05) is 7.11 Å². The predicted octanol–water partition coefficient (Wildman–Crippen LogP) is 4.53. The second kappa shape index (κ2) is 5.52. The van der Waals surface area contributed by atoms with Gasteiger partial charge in [-0.3, -0.25) is 4.79 Å². The van der Waals surface area contributed by atoms with E-state index in [9.17, 15) is 14.0 Å². The molecule has 1 saturated carbocycles. The van der Waals surface area contributed by atoms with Crippen molar-refractivity contribution in [3.8, 4) is 0 Å². The Bertz CT molecular complexity index is 928. The average Bonchev–Trinajstić information content (AvgIpc) is 3.39. The highest BCUT2D eigenvalue weighted by Crippen LogP contribution is 2.48. The molecule has 1 fully saturated rings. The Labute approximate surface area is 146 Å². The molecule has 0 aliphatic heterocycles. The molecule has 4 rings (SSSR count). The van der Waals surface area contributed by atoms with Gasteiger partial charge in [-0.2, -0.15) is 0 Å². The first-order chi connectivity index (χ1) is 11.5. The summed E-state index contributed by atoms with van der Waals surface area (Å²) in [4.78, 5) is 24.7. The molecule has 3 nitrogen and oxygen atoms in total. The summed E-state index contributed by atoms with van der Waals surface area (Å²) in [5.74, 6) is -0.872. The van der Waals surface area contributed by atoms with Crippen LogP contribution >= 0.6 is 15.9 Å². The zero-order chi connectivity index (χ0) is 17.0. The van der Waals surface area contributed by atoms with Crippen molar-refractivity contribution < 1.29 is 18.7 Å². The molecule has 2 aliphatic rings. The van der Waals surface area contributed by atoms with Crippen LogP contribution in [0.25, 0.3) is 10.8 Å². The zero-order valence-electron chi connectivity index (χ0n) is 12.9. The molecule has 0 N–H and O–H groups in total. The van der Waals surface area contributed by atoms with Crippen LogP contribution in [0.1, 0.15) is 34.7 Å². The van der Waals surface area contributed by atoms with Gasteiger partial charge in [0, 0.05) is 11.5 Å². The fraction of sp³-hybridized carbons (Fsp3) is 0.263. The molecular formula is C19H14BrFO3. The predicted molar refractivity (Wildman–Crippen MR) is 91.5 cm³/mol. The number of Topliss-reactive ketones (excluding diaryl/α,β-unsaturated/α-hetero) is 1. The SMILES string of the molecule is COC(=O)C1=CC(C2CC2)c2cc3cc(Br)c(F)cc3cc2C1=O. The van der Waals surface area contributed by atoms with Gasteiger partial charge in [0.05, 0.1) is 11.6 Å². The van der Waals surface area contributed by atoms with Crippen molar-refractivity contribution in [3.63, 3.8) is 0 Å². The molecule has 2 aliphatic carbocycles. The highest BCUT2D eigenvalue weighted by molar-refractivity contribution is 9.10. The lowest BCUT2D eigenvalue weighted by Gasteiger charge is -2.23. The van der Waals surface area contributed by atoms with E-state index in [4.69, 9.17) is 4.74 Å². The van der Waals surface area contributed by atoms with Crippen LogP contribution in [0.15, 0.2) is 40.4 Å². The number of ketones is 1. The fourth-order valence-electron chi connectivity index (χ4n) is 3.39. The third-order valence-electron chi connectivity index (χ3n) is 4.78. The lowest BCUT2D eigenvalue weighted by atomic mass is 9.79. The van der Waals surface area contributed by atoms with Crippen molar-refractivity contribution in [3.05, 3.63) is 57.3 Å². The number of carbonyl (C=O) groups is 2. The Balaban J connectivity index is 1.94. The van der Waals surface area contributed by atoms with Crippen LogP contribution in [-0.2, 0) is 9.53 Å². The lowest BCUT2D eigenvalue weighted by Crippen LogP contribution is -2.23. The molecule has 2 aromatic rings. The van der Waals surface area contributed by atoms with Gasteiger partial charge in [-0.25, -0.2) is 9.18 Å². The zero-order valence-corrected chi connectivity index (χ0v) is 14.5. The molecular weight excluding hydrogens is 375 g/mol. The summed E-state index contributed by atoms with van der Waals surface area (Å²) in [6, 6.07) is 6.75. The summed E-state index contributed by atoms with van der Waals surface area (Å²) in [5.41, 5.74) is 1.48. The van der Waals surface area contributed by atoms with Crippen molar-refractivity contribution >= 4 is 38.5 Å². The summed E-state index contributed by atoms with van der Waals surface area (Å²) in [7, 11) is 1.27. The summed E-state index contributed by atoms with van der Waals surface area (Å²) in [6.45, 7) is 0. The summed E-state index contributed by atoms with van der Waals surface area (Å²) >= 11 is 3.20. The van der Waals surface area contributed by atoms with E-state index in [2.05, 4.69) is 15.9 Å². The van der Waals surface area contributed by atoms with Crippen LogP contribution in [-0.4, -0.2) is 18.9 Å². The molecule has 0 spiro atoms. The van der Waals surface area contributed by atoms with Crippen molar-refractivity contribution in [2.45, 2.75) is 18.8 Å². The highest BCUT2D eigenvalue weighted by atomic mass is 79.9. The lowest BCUT2D eigenvalue weighted by molar-refractivity contribution is -0.135. The van der Waals surface area contributed by atoms with Gasteiger partial charge in [0.15, 0.2) is 5.78 Å². The highest BCUT2D eigenvalue weighted by Gasteiger charge is 2.39. The largest absolute Gasteiger partial charge is 0.465 e. The van der Waals surface area contributed by atoms with Gasteiger partial charge in [-0.05, 0) is 75.3 Å². The molecule has 1 unspecified atom stereocenters. The monoisotopic (exact) mass is 388 g/mol. The average molecular weight is 389 g/mol. The Morgan fingerprint density at radius 2 is 1.92 bits per heavy atom. The number of rotatable bonds is 2. The number of halogens is 2. The summed E-state index contributed by atoms with van der Waals surface area (Å²) in [5, 5.41) is 1.51. The summed E-state index contributed by atoms with van der Waals surface area (Å²) < 4.78 is 19.0. The topological polar surface area (TPSA) is 43.4 Å². The molecule has 2 aromatic carbocycles. The number of esters is 1. The van der Waals surface area contributed by atoms with E-state index < -0.39 is 5.97 Å². The van der Waals surface area contributed by atoms with Crippen LogP contribution in [0.3, 0.4) is 0 Å². The smallest absolute Gasteiger partial charge is 0.341 e. The first-order valence-corrected chi connectivity index (χ1v) is 8.56. The first kappa shape index (κ1) is 15.5. The van der Waals surface area contributed by atoms with Gasteiger partial charge in [-0.15, -0.1) is 0 Å². The van der Waals surface area contributed by atoms with Crippen LogP contribution < -0.4 is 0 Å². The van der Waals surface area contributed by atoms with Gasteiger partial charge < -0.3 is 4.74 Å². The molecule has 0 heterocycles. The number of fused-ring (bicyclic) bond motifs is 2. The Morgan fingerprint density at radius 1 is 1.21 bits per heavy atom. The first-order valence-electron chi connectivity index (χ1n) is 7.77. The second-order valence-corrected chi connectivity index (χ2v) is 7.17. The van der Waals surface area contributed by atoms with Crippen LogP contribution in [0.4, 0.5) is 4.39 Å². The number of hydrogen-bond acceptors (Lipinski definition) is 3. The number of carbonyl (C=O) groups excluding carboxylic acids is 2. The maximum absolute atomic E-state index is 13.8. The molecule has 0 amide bonds. The van der Waals surface area contributed by atoms with Crippen LogP contribution in [0.2, 0.25) is 0 Å². The number of allylic oxidation sites excluding steroid dienone is 1. The van der Waals surface area contributed by atoms with E-state index in [1.807, 2.05) is 6.07 Å². The van der Waals surface area contributed by atoms with E-state index in [-0.39, 0.29) is 23.1 Å². The van der Waals surface area contributed by atoms with E-state index >= 15 is 0 Å². The molecule has 0 bridgehead atoms. The number of ether oxygens (including phenoxy) is 1. The normalized spacial score (nSPS) is 19.9. The van der Waals surface area contributed by atoms with Crippen molar-refractivity contribution in [1.29, 1.82) is 0 Å². The fourth-order valence-corrected chi connectivity index (χ4v) is 3.75. The van der Waals surface area contributed by atoms with E-state index in [0.717, 1.165) is 23.8 Å². The maximum atomic E-state index is 13.8. The number of benzene rings is 2. The molecule has 5 heteroatoms. The minimum Gasteiger partial charge on any atom is -0.465 e. The number of hydrogen-bond donors (Lipinski definition) is 0. The molecule has 0 saturated heterocycles. The maximum Gasteiger partial charge on any atom is 0.341 e. The van der Waals surface area contributed by atoms with Crippen LogP contribution in [0.5, 0.6) is 0 Å². The van der Waals surface area contributed by atoms with Crippen LogP contribution in [0, 0.1) is 11.7 Å². The van der Waals surface area contributed by atoms with E-state index in [0.29, 0.717) is 21.3 Å².